The Balaban J connectivity index is 2.77. The average molecular weight is 162 g/mol. The zero-order valence-corrected chi connectivity index (χ0v) is 8.04. The molecule has 0 heterocycles. The molecule has 0 aliphatic heterocycles. The summed E-state index contributed by atoms with van der Waals surface area (Å²) in [6.07, 6.45) is 1.59. The van der Waals surface area contributed by atoms with Gasteiger partial charge in [0.15, 0.2) is 0 Å². The van der Waals surface area contributed by atoms with Crippen LogP contribution in [0.2, 0.25) is 0 Å². The second kappa shape index (κ2) is 7.42. The zero-order valence-electron chi connectivity index (χ0n) is 7.22. The topological polar surface area (TPSA) is 9.23 Å². The summed E-state index contributed by atoms with van der Waals surface area (Å²) in [5, 5.41) is 0. The van der Waals surface area contributed by atoms with Crippen molar-refractivity contribution in [2.24, 2.45) is 0 Å². The molecule has 0 rings (SSSR count). The van der Waals surface area contributed by atoms with Crippen molar-refractivity contribution in [2.45, 2.75) is 33.3 Å². The summed E-state index contributed by atoms with van der Waals surface area (Å²) in [5.41, 5.74) is 0. The third-order valence-corrected chi connectivity index (χ3v) is 2.07. The Morgan fingerprint density at radius 2 is 2.10 bits per heavy atom. The van der Waals surface area contributed by atoms with Crippen LogP contribution in [-0.4, -0.2) is 24.2 Å². The summed E-state index contributed by atoms with van der Waals surface area (Å²) in [5.74, 6) is 2.46. The first-order valence-electron chi connectivity index (χ1n) is 3.96. The Bertz CT molecular complexity index is 64.3. The van der Waals surface area contributed by atoms with Gasteiger partial charge in [0.1, 0.15) is 0 Å². The Morgan fingerprint density at radius 1 is 1.40 bits per heavy atom. The highest BCUT2D eigenvalue weighted by Gasteiger charge is 1.91. The molecule has 10 heavy (non-hydrogen) atoms. The van der Waals surface area contributed by atoms with Gasteiger partial charge in [-0.2, -0.15) is 11.8 Å². The van der Waals surface area contributed by atoms with Crippen LogP contribution >= 0.6 is 11.8 Å². The SMILES string of the molecule is CCSCCCOC(C)C. The fourth-order valence-corrected chi connectivity index (χ4v) is 1.24. The third-order valence-electron chi connectivity index (χ3n) is 1.09. The van der Waals surface area contributed by atoms with Crippen LogP contribution in [0.25, 0.3) is 0 Å². The normalized spacial score (nSPS) is 10.8. The number of ether oxygens (including phenoxy) is 1. The fourth-order valence-electron chi connectivity index (χ4n) is 0.624. The van der Waals surface area contributed by atoms with Gasteiger partial charge in [-0.3, -0.25) is 0 Å². The summed E-state index contributed by atoms with van der Waals surface area (Å²) in [4.78, 5) is 0. The summed E-state index contributed by atoms with van der Waals surface area (Å²) < 4.78 is 5.38. The number of thioether (sulfide) groups is 1. The third kappa shape index (κ3) is 8.31. The van der Waals surface area contributed by atoms with Crippen LogP contribution in [0.1, 0.15) is 27.2 Å². The minimum atomic E-state index is 0.395. The van der Waals surface area contributed by atoms with Crippen molar-refractivity contribution in [1.29, 1.82) is 0 Å². The van der Waals surface area contributed by atoms with Crippen LogP contribution in [0.3, 0.4) is 0 Å². The van der Waals surface area contributed by atoms with Crippen molar-refractivity contribution >= 4 is 11.8 Å². The van der Waals surface area contributed by atoms with Gasteiger partial charge in [0.25, 0.3) is 0 Å². The minimum absolute atomic E-state index is 0.395. The van der Waals surface area contributed by atoms with Gasteiger partial charge in [0.05, 0.1) is 6.10 Å². The maximum absolute atomic E-state index is 5.38. The first kappa shape index (κ1) is 10.3. The minimum Gasteiger partial charge on any atom is -0.379 e. The van der Waals surface area contributed by atoms with E-state index in [4.69, 9.17) is 4.74 Å². The van der Waals surface area contributed by atoms with Crippen LogP contribution in [-0.2, 0) is 4.74 Å². The van der Waals surface area contributed by atoms with Crippen molar-refractivity contribution in [3.63, 3.8) is 0 Å². The molecule has 0 aliphatic carbocycles. The van der Waals surface area contributed by atoms with Gasteiger partial charge in [0.2, 0.25) is 0 Å². The summed E-state index contributed by atoms with van der Waals surface area (Å²) in [6.45, 7) is 7.26. The van der Waals surface area contributed by atoms with E-state index in [1.54, 1.807) is 0 Å². The Hall–Kier alpha value is 0.310. The molecule has 0 amide bonds. The van der Waals surface area contributed by atoms with Gasteiger partial charge in [-0.05, 0) is 31.8 Å². The molecular formula is C8H18OS. The molecule has 0 aliphatic rings. The molecule has 0 N–H and O–H groups in total. The van der Waals surface area contributed by atoms with E-state index < -0.39 is 0 Å². The van der Waals surface area contributed by atoms with E-state index in [0.717, 1.165) is 6.61 Å². The second-order valence-electron chi connectivity index (χ2n) is 2.47. The first-order chi connectivity index (χ1) is 4.77. The molecule has 0 fully saturated rings. The van der Waals surface area contributed by atoms with Crippen molar-refractivity contribution in [2.75, 3.05) is 18.1 Å². The molecular weight excluding hydrogens is 144 g/mol. The molecule has 0 unspecified atom stereocenters. The standard InChI is InChI=1S/C8H18OS/c1-4-10-7-5-6-9-8(2)3/h8H,4-7H2,1-3H3. The van der Waals surface area contributed by atoms with Gasteiger partial charge in [-0.15, -0.1) is 0 Å². The molecule has 0 saturated carbocycles. The largest absolute Gasteiger partial charge is 0.379 e. The maximum Gasteiger partial charge on any atom is 0.0518 e. The maximum atomic E-state index is 5.38. The molecule has 0 spiro atoms. The number of hydrogen-bond donors (Lipinski definition) is 0. The fraction of sp³-hybridized carbons (Fsp3) is 1.00. The van der Waals surface area contributed by atoms with E-state index in [2.05, 4.69) is 20.8 Å². The number of rotatable bonds is 6. The lowest BCUT2D eigenvalue weighted by atomic mass is 10.4. The molecule has 0 saturated heterocycles. The summed E-state index contributed by atoms with van der Waals surface area (Å²) in [7, 11) is 0. The molecule has 0 aromatic heterocycles. The van der Waals surface area contributed by atoms with Gasteiger partial charge >= 0.3 is 0 Å². The lowest BCUT2D eigenvalue weighted by molar-refractivity contribution is 0.0800. The highest BCUT2D eigenvalue weighted by molar-refractivity contribution is 7.99. The molecule has 0 aromatic carbocycles. The Labute approximate surface area is 68.5 Å². The lowest BCUT2D eigenvalue weighted by Crippen LogP contribution is -2.04. The highest BCUT2D eigenvalue weighted by Crippen LogP contribution is 2.01. The Morgan fingerprint density at radius 3 is 2.60 bits per heavy atom. The van der Waals surface area contributed by atoms with Crippen LogP contribution in [0, 0.1) is 0 Å². The van der Waals surface area contributed by atoms with E-state index in [-0.39, 0.29) is 0 Å². The monoisotopic (exact) mass is 162 g/mol. The van der Waals surface area contributed by atoms with Crippen LogP contribution < -0.4 is 0 Å². The van der Waals surface area contributed by atoms with E-state index in [1.807, 2.05) is 11.8 Å². The molecule has 1 nitrogen and oxygen atoms in total. The smallest absolute Gasteiger partial charge is 0.0518 e. The van der Waals surface area contributed by atoms with Gasteiger partial charge in [-0.25, -0.2) is 0 Å². The van der Waals surface area contributed by atoms with Gasteiger partial charge in [-0.1, -0.05) is 6.92 Å². The predicted molar refractivity (Wildman–Crippen MR) is 48.7 cm³/mol. The molecule has 0 aromatic rings. The molecule has 0 bridgehead atoms. The summed E-state index contributed by atoms with van der Waals surface area (Å²) in [6, 6.07) is 0. The first-order valence-corrected chi connectivity index (χ1v) is 5.12. The van der Waals surface area contributed by atoms with Crippen LogP contribution in [0.4, 0.5) is 0 Å². The summed E-state index contributed by atoms with van der Waals surface area (Å²) >= 11 is 1.98. The molecule has 0 radical (unpaired) electrons. The lowest BCUT2D eigenvalue weighted by Gasteiger charge is -2.05. The van der Waals surface area contributed by atoms with E-state index >= 15 is 0 Å². The van der Waals surface area contributed by atoms with Crippen molar-refractivity contribution in [1.82, 2.24) is 0 Å². The van der Waals surface area contributed by atoms with Crippen molar-refractivity contribution in [3.8, 4) is 0 Å². The van der Waals surface area contributed by atoms with E-state index in [1.165, 1.54) is 17.9 Å². The molecule has 0 atom stereocenters. The quantitative estimate of drug-likeness (QED) is 0.555. The second-order valence-corrected chi connectivity index (χ2v) is 3.86. The van der Waals surface area contributed by atoms with E-state index in [9.17, 15) is 0 Å². The molecule has 2 heteroatoms. The van der Waals surface area contributed by atoms with Crippen LogP contribution in [0.5, 0.6) is 0 Å². The van der Waals surface area contributed by atoms with Gasteiger partial charge in [0, 0.05) is 6.61 Å². The highest BCUT2D eigenvalue weighted by atomic mass is 32.2. The average Bonchev–Trinajstić information content (AvgIpc) is 1.87. The zero-order chi connectivity index (χ0) is 7.82. The van der Waals surface area contributed by atoms with Crippen molar-refractivity contribution < 1.29 is 4.74 Å². The van der Waals surface area contributed by atoms with Crippen LogP contribution in [0.15, 0.2) is 0 Å². The molecule has 62 valence electrons. The predicted octanol–water partition coefficient (Wildman–Crippen LogP) is 2.55. The Kier molecular flexibility index (Phi) is 7.65. The van der Waals surface area contributed by atoms with E-state index in [0.29, 0.717) is 6.10 Å². The van der Waals surface area contributed by atoms with Crippen molar-refractivity contribution in [3.05, 3.63) is 0 Å². The number of hydrogen-bond acceptors (Lipinski definition) is 2. The van der Waals surface area contributed by atoms with Gasteiger partial charge < -0.3 is 4.74 Å².